The highest BCUT2D eigenvalue weighted by Gasteiger charge is 2.32. The van der Waals surface area contributed by atoms with Crippen molar-refractivity contribution in [3.05, 3.63) is 47.2 Å². The number of likely N-dealkylation sites (tertiary alicyclic amines) is 1. The number of fused-ring (bicyclic) bond motifs is 1. The number of amides is 2. The summed E-state index contributed by atoms with van der Waals surface area (Å²) in [7, 11) is 0. The van der Waals surface area contributed by atoms with Crippen LogP contribution in [-0.2, 0) is 4.74 Å². The van der Waals surface area contributed by atoms with Crippen molar-refractivity contribution in [2.24, 2.45) is 5.73 Å². The third-order valence-corrected chi connectivity index (χ3v) is 7.08. The first-order chi connectivity index (χ1) is 18.3. The fourth-order valence-electron chi connectivity index (χ4n) is 4.45. The van der Waals surface area contributed by atoms with Crippen LogP contribution in [0.3, 0.4) is 0 Å². The molecule has 1 atom stereocenters. The number of pyridine rings is 1. The monoisotopic (exact) mass is 531 g/mol. The van der Waals surface area contributed by atoms with Crippen LogP contribution in [0, 0.1) is 11.3 Å². The van der Waals surface area contributed by atoms with Crippen molar-refractivity contribution < 1.29 is 14.3 Å². The van der Waals surface area contributed by atoms with E-state index in [0.717, 1.165) is 35.3 Å². The number of carbonyl (C=O) groups is 2. The van der Waals surface area contributed by atoms with Crippen LogP contribution in [0.5, 0.6) is 0 Å². The number of anilines is 1. The molecule has 5 heterocycles. The van der Waals surface area contributed by atoms with E-state index in [1.54, 1.807) is 21.7 Å². The number of nitriles is 1. The molecule has 0 radical (unpaired) electrons. The molecule has 4 aromatic heterocycles. The molecule has 1 saturated heterocycles. The van der Waals surface area contributed by atoms with Crippen molar-refractivity contribution in [2.45, 2.75) is 38.8 Å². The summed E-state index contributed by atoms with van der Waals surface area (Å²) in [5, 5.41) is 26.2. The Morgan fingerprint density at radius 1 is 1.29 bits per heavy atom. The molecule has 13 heteroatoms. The molecule has 4 aromatic rings. The molecule has 0 spiro atoms. The summed E-state index contributed by atoms with van der Waals surface area (Å²) in [4.78, 5) is 30.5. The van der Waals surface area contributed by atoms with Gasteiger partial charge in [0.25, 0.3) is 5.91 Å². The van der Waals surface area contributed by atoms with Crippen LogP contribution >= 0.6 is 11.3 Å². The van der Waals surface area contributed by atoms with E-state index in [2.05, 4.69) is 31.7 Å². The Morgan fingerprint density at radius 3 is 2.89 bits per heavy atom. The standard InChI is InChI=1S/C25H25N9O3S/c1-14(2)30-19-9-20(21-6-5-16-8-15(10-26)11-29-34(16)21)28-12-18(19)22-31-32-23(38-22)24(35)33-7-3-4-17(33)13-37-25(27)36/h5-6,8-9,11-12,14,17H,3-4,7,13H2,1-2H3,(H2,27,36)(H,28,30)/t17-/m0/s1. The van der Waals surface area contributed by atoms with Crippen LogP contribution in [0.25, 0.3) is 27.5 Å². The molecule has 3 N–H and O–H groups in total. The molecule has 0 aliphatic carbocycles. The van der Waals surface area contributed by atoms with Crippen LogP contribution in [0.15, 0.2) is 36.7 Å². The number of carbonyl (C=O) groups excluding carboxylic acids is 2. The number of rotatable bonds is 7. The van der Waals surface area contributed by atoms with Gasteiger partial charge in [0.1, 0.15) is 12.7 Å². The molecule has 1 fully saturated rings. The van der Waals surface area contributed by atoms with E-state index in [1.165, 1.54) is 17.5 Å². The Labute approximate surface area is 222 Å². The maximum absolute atomic E-state index is 13.2. The van der Waals surface area contributed by atoms with Gasteiger partial charge < -0.3 is 20.7 Å². The third kappa shape index (κ3) is 4.98. The van der Waals surface area contributed by atoms with Crippen LogP contribution in [0.4, 0.5) is 10.5 Å². The summed E-state index contributed by atoms with van der Waals surface area (Å²) >= 11 is 1.18. The highest BCUT2D eigenvalue weighted by molar-refractivity contribution is 7.16. The smallest absolute Gasteiger partial charge is 0.404 e. The van der Waals surface area contributed by atoms with Crippen molar-refractivity contribution in [3.63, 3.8) is 0 Å². The fourth-order valence-corrected chi connectivity index (χ4v) is 5.27. The molecule has 0 aromatic carbocycles. The number of nitrogens with one attached hydrogen (secondary N) is 1. The number of nitrogens with zero attached hydrogens (tertiary/aromatic N) is 7. The lowest BCUT2D eigenvalue weighted by Gasteiger charge is -2.22. The first-order valence-electron chi connectivity index (χ1n) is 12.1. The van der Waals surface area contributed by atoms with Crippen molar-refractivity contribution in [1.29, 1.82) is 5.26 Å². The lowest BCUT2D eigenvalue weighted by molar-refractivity contribution is 0.0645. The summed E-state index contributed by atoms with van der Waals surface area (Å²) in [6.45, 7) is 4.66. The molecule has 12 nitrogen and oxygen atoms in total. The first kappa shape index (κ1) is 25.1. The lowest BCUT2D eigenvalue weighted by Crippen LogP contribution is -2.39. The van der Waals surface area contributed by atoms with Gasteiger partial charge in [-0.1, -0.05) is 11.3 Å². The van der Waals surface area contributed by atoms with Crippen LogP contribution in [0.1, 0.15) is 42.1 Å². The summed E-state index contributed by atoms with van der Waals surface area (Å²) in [6.07, 6.45) is 3.89. The van der Waals surface area contributed by atoms with Gasteiger partial charge in [-0.25, -0.2) is 9.31 Å². The van der Waals surface area contributed by atoms with E-state index in [1.807, 2.05) is 32.0 Å². The van der Waals surface area contributed by atoms with E-state index in [4.69, 9.17) is 15.7 Å². The molecule has 0 unspecified atom stereocenters. The van der Waals surface area contributed by atoms with Gasteiger partial charge >= 0.3 is 6.09 Å². The number of hydrogen-bond donors (Lipinski definition) is 2. The Morgan fingerprint density at radius 2 is 2.13 bits per heavy atom. The Balaban J connectivity index is 1.44. The lowest BCUT2D eigenvalue weighted by atomic mass is 10.1. The first-order valence-corrected chi connectivity index (χ1v) is 12.9. The quantitative estimate of drug-likeness (QED) is 0.364. The molecule has 2 amide bonds. The Bertz CT molecular complexity index is 1560. The molecule has 1 aliphatic heterocycles. The normalized spacial score (nSPS) is 15.1. The van der Waals surface area contributed by atoms with E-state index in [9.17, 15) is 9.59 Å². The maximum atomic E-state index is 13.2. The highest BCUT2D eigenvalue weighted by Crippen LogP contribution is 2.34. The number of hydrogen-bond acceptors (Lipinski definition) is 10. The van der Waals surface area contributed by atoms with Crippen molar-refractivity contribution in [2.75, 3.05) is 18.5 Å². The van der Waals surface area contributed by atoms with E-state index < -0.39 is 6.09 Å². The second-order valence-electron chi connectivity index (χ2n) is 9.16. The van der Waals surface area contributed by atoms with Crippen LogP contribution < -0.4 is 11.1 Å². The SMILES string of the molecule is CC(C)Nc1cc(-c2ccc3cc(C#N)cnn23)ncc1-c1nnc(C(=O)N2CCC[C@H]2COC(N)=O)s1. The molecular formula is C25H25N9O3S. The fraction of sp³-hybridized carbons (Fsp3) is 0.320. The molecule has 0 saturated carbocycles. The van der Waals surface area contributed by atoms with Gasteiger partial charge in [-0.3, -0.25) is 9.78 Å². The molecule has 5 rings (SSSR count). The zero-order chi connectivity index (χ0) is 26.8. The minimum absolute atomic E-state index is 0.0572. The summed E-state index contributed by atoms with van der Waals surface area (Å²) in [5.74, 6) is -0.255. The minimum Gasteiger partial charge on any atom is -0.448 e. The van der Waals surface area contributed by atoms with Gasteiger partial charge in [0.05, 0.1) is 40.3 Å². The van der Waals surface area contributed by atoms with E-state index in [-0.39, 0.29) is 29.6 Å². The molecule has 1 aliphatic rings. The topological polar surface area (TPSA) is 164 Å². The zero-order valence-corrected chi connectivity index (χ0v) is 21.6. The minimum atomic E-state index is -0.862. The van der Waals surface area contributed by atoms with Crippen molar-refractivity contribution >= 4 is 34.5 Å². The number of nitrogens with two attached hydrogens (primary N) is 1. The number of ether oxygens (including phenoxy) is 1. The average molecular weight is 532 g/mol. The van der Waals surface area contributed by atoms with Crippen LogP contribution in [-0.4, -0.2) is 66.9 Å². The molecule has 0 bridgehead atoms. The Kier molecular flexibility index (Phi) is 6.89. The summed E-state index contributed by atoms with van der Waals surface area (Å²) < 4.78 is 6.66. The largest absolute Gasteiger partial charge is 0.448 e. The predicted molar refractivity (Wildman–Crippen MR) is 140 cm³/mol. The van der Waals surface area contributed by atoms with Crippen molar-refractivity contribution in [3.8, 4) is 28.0 Å². The van der Waals surface area contributed by atoms with E-state index in [0.29, 0.717) is 22.8 Å². The summed E-state index contributed by atoms with van der Waals surface area (Å²) in [6, 6.07) is 9.45. The zero-order valence-electron chi connectivity index (χ0n) is 20.8. The van der Waals surface area contributed by atoms with Gasteiger partial charge in [0.2, 0.25) is 5.01 Å². The molecule has 38 heavy (non-hydrogen) atoms. The van der Waals surface area contributed by atoms with Gasteiger partial charge in [0.15, 0.2) is 5.01 Å². The van der Waals surface area contributed by atoms with Gasteiger partial charge in [-0.2, -0.15) is 10.4 Å². The second-order valence-corrected chi connectivity index (χ2v) is 10.1. The van der Waals surface area contributed by atoms with E-state index >= 15 is 0 Å². The number of primary amides is 1. The molecular weight excluding hydrogens is 506 g/mol. The van der Waals surface area contributed by atoms with Gasteiger partial charge in [0, 0.05) is 24.5 Å². The highest BCUT2D eigenvalue weighted by atomic mass is 32.1. The Hall–Kier alpha value is -4.57. The maximum Gasteiger partial charge on any atom is 0.404 e. The van der Waals surface area contributed by atoms with Crippen LogP contribution in [0.2, 0.25) is 0 Å². The van der Waals surface area contributed by atoms with Gasteiger partial charge in [-0.15, -0.1) is 10.2 Å². The summed E-state index contributed by atoms with van der Waals surface area (Å²) in [5.41, 5.74) is 9.32. The number of aromatic nitrogens is 5. The van der Waals surface area contributed by atoms with Gasteiger partial charge in [-0.05, 0) is 51.0 Å². The van der Waals surface area contributed by atoms with Crippen molar-refractivity contribution in [1.82, 2.24) is 29.7 Å². The second kappa shape index (κ2) is 10.4. The third-order valence-electron chi connectivity index (χ3n) is 6.13. The predicted octanol–water partition coefficient (Wildman–Crippen LogP) is 3.31. The average Bonchev–Trinajstić information content (AvgIpc) is 3.66. The molecule has 194 valence electrons.